The van der Waals surface area contributed by atoms with E-state index in [0.717, 1.165) is 6.54 Å². The third-order valence-corrected chi connectivity index (χ3v) is 2.47. The van der Waals surface area contributed by atoms with Crippen LogP contribution in [-0.4, -0.2) is 37.5 Å². The van der Waals surface area contributed by atoms with Crippen molar-refractivity contribution in [2.24, 2.45) is 0 Å². The maximum Gasteiger partial charge on any atom is 0.243 e. The molecule has 1 rings (SSSR count). The lowest BCUT2D eigenvalue weighted by Crippen LogP contribution is -2.32. The van der Waals surface area contributed by atoms with Crippen molar-refractivity contribution in [2.75, 3.05) is 26.9 Å². The molecule has 0 radical (unpaired) electrons. The highest BCUT2D eigenvalue weighted by atomic mass is 16.5. The van der Waals surface area contributed by atoms with Gasteiger partial charge in [-0.05, 0) is 12.8 Å². The van der Waals surface area contributed by atoms with Crippen molar-refractivity contribution in [1.29, 1.82) is 0 Å². The minimum Gasteiger partial charge on any atom is -0.550 e. The highest BCUT2D eigenvalue weighted by Gasteiger charge is 2.03. The van der Waals surface area contributed by atoms with Crippen molar-refractivity contribution in [1.82, 2.24) is 4.57 Å². The lowest BCUT2D eigenvalue weighted by Gasteiger charge is -2.01. The van der Waals surface area contributed by atoms with Gasteiger partial charge in [-0.1, -0.05) is 0 Å². The number of carboxylic acids is 1. The molecular weight excluding hydrogens is 236 g/mol. The summed E-state index contributed by atoms with van der Waals surface area (Å²) in [5.41, 5.74) is 0. The third kappa shape index (κ3) is 6.36. The molecule has 0 saturated carbocycles. The fourth-order valence-electron chi connectivity index (χ4n) is 1.52. The Morgan fingerprint density at radius 2 is 2.22 bits per heavy atom. The van der Waals surface area contributed by atoms with Crippen LogP contribution in [-0.2, 0) is 27.4 Å². The minimum absolute atomic E-state index is 0.0955. The number of hydrogen-bond acceptors (Lipinski definition) is 4. The van der Waals surface area contributed by atoms with Gasteiger partial charge >= 0.3 is 0 Å². The van der Waals surface area contributed by atoms with Crippen molar-refractivity contribution in [3.8, 4) is 0 Å². The van der Waals surface area contributed by atoms with Crippen LogP contribution in [0, 0.1) is 0 Å². The number of methoxy groups -OCH3 is 1. The van der Waals surface area contributed by atoms with Crippen molar-refractivity contribution in [3.05, 3.63) is 18.7 Å². The van der Waals surface area contributed by atoms with Crippen LogP contribution in [0.1, 0.15) is 12.8 Å². The molecule has 18 heavy (non-hydrogen) atoms. The molecule has 6 nitrogen and oxygen atoms in total. The average molecular weight is 256 g/mol. The van der Waals surface area contributed by atoms with Gasteiger partial charge in [0.25, 0.3) is 0 Å². The summed E-state index contributed by atoms with van der Waals surface area (Å²) < 4.78 is 14.2. The van der Waals surface area contributed by atoms with Gasteiger partial charge in [0.2, 0.25) is 6.33 Å². The number of carbonyl (C=O) groups is 1. The molecule has 1 aromatic rings. The summed E-state index contributed by atoms with van der Waals surface area (Å²) in [6.07, 6.45) is 6.48. The van der Waals surface area contributed by atoms with Gasteiger partial charge < -0.3 is 19.4 Å². The topological polar surface area (TPSA) is 67.4 Å². The first-order chi connectivity index (χ1) is 8.72. The second-order valence-electron chi connectivity index (χ2n) is 3.97. The number of imidazole rings is 1. The number of rotatable bonds is 10. The second-order valence-corrected chi connectivity index (χ2v) is 3.97. The lowest BCUT2D eigenvalue weighted by molar-refractivity contribution is -0.696. The molecule has 0 fully saturated rings. The number of aryl methyl sites for hydroxylation is 1. The number of ether oxygens (including phenoxy) is 2. The molecule has 0 saturated heterocycles. The Bertz CT molecular complexity index is 352. The number of nitrogens with zero attached hydrogens (tertiary/aromatic N) is 2. The van der Waals surface area contributed by atoms with Crippen LogP contribution in [0.2, 0.25) is 0 Å². The summed E-state index contributed by atoms with van der Waals surface area (Å²) in [5, 5.41) is 10.3. The second kappa shape index (κ2) is 8.66. The number of aromatic nitrogens is 2. The molecule has 0 aliphatic heterocycles. The van der Waals surface area contributed by atoms with E-state index < -0.39 is 5.97 Å². The van der Waals surface area contributed by atoms with Gasteiger partial charge in [-0.2, -0.15) is 0 Å². The Hall–Kier alpha value is -1.40. The van der Waals surface area contributed by atoms with Crippen molar-refractivity contribution in [3.63, 3.8) is 0 Å². The Balaban J connectivity index is 2.15. The first kappa shape index (κ1) is 14.7. The van der Waals surface area contributed by atoms with Gasteiger partial charge in [-0.25, -0.2) is 9.13 Å². The molecule has 0 N–H and O–H groups in total. The molecule has 0 bridgehead atoms. The molecule has 102 valence electrons. The number of aliphatic carboxylic acids is 1. The largest absolute Gasteiger partial charge is 0.550 e. The first-order valence-electron chi connectivity index (χ1n) is 6.03. The van der Waals surface area contributed by atoms with Gasteiger partial charge in [0.05, 0.1) is 26.4 Å². The summed E-state index contributed by atoms with van der Waals surface area (Å²) in [6.45, 7) is 3.30. The Kier molecular flexibility index (Phi) is 7.05. The van der Waals surface area contributed by atoms with E-state index in [-0.39, 0.29) is 6.42 Å². The smallest absolute Gasteiger partial charge is 0.243 e. The fourth-order valence-corrected chi connectivity index (χ4v) is 1.52. The summed E-state index contributed by atoms with van der Waals surface area (Å²) >= 11 is 0. The average Bonchev–Trinajstić information content (AvgIpc) is 2.76. The zero-order valence-electron chi connectivity index (χ0n) is 10.7. The molecule has 1 heterocycles. The zero-order valence-corrected chi connectivity index (χ0v) is 10.7. The molecule has 0 atom stereocenters. The number of hydrogen-bond donors (Lipinski definition) is 0. The van der Waals surface area contributed by atoms with E-state index in [1.54, 1.807) is 7.11 Å². The maximum absolute atomic E-state index is 10.3. The summed E-state index contributed by atoms with van der Waals surface area (Å²) in [7, 11) is 1.64. The fraction of sp³-hybridized carbons (Fsp3) is 0.667. The molecule has 6 heteroatoms. The maximum atomic E-state index is 10.3. The first-order valence-corrected chi connectivity index (χ1v) is 6.03. The molecule has 0 amide bonds. The van der Waals surface area contributed by atoms with E-state index in [1.165, 1.54) is 0 Å². The number of carbonyl (C=O) groups excluding carboxylic acids is 1. The van der Waals surface area contributed by atoms with Gasteiger partial charge in [-0.15, -0.1) is 0 Å². The van der Waals surface area contributed by atoms with Crippen molar-refractivity contribution >= 4 is 5.97 Å². The van der Waals surface area contributed by atoms with E-state index in [4.69, 9.17) is 9.47 Å². The quantitative estimate of drug-likeness (QED) is 0.396. The molecule has 0 aliphatic rings. The van der Waals surface area contributed by atoms with Gasteiger partial charge in [0.1, 0.15) is 18.9 Å². The monoisotopic (exact) mass is 256 g/mol. The van der Waals surface area contributed by atoms with Crippen LogP contribution in [0.15, 0.2) is 18.7 Å². The van der Waals surface area contributed by atoms with E-state index in [0.29, 0.717) is 32.8 Å². The summed E-state index contributed by atoms with van der Waals surface area (Å²) in [5.74, 6) is -0.999. The normalized spacial score (nSPS) is 10.7. The van der Waals surface area contributed by atoms with Gasteiger partial charge in [0, 0.05) is 13.1 Å². The van der Waals surface area contributed by atoms with E-state index in [2.05, 4.69) is 0 Å². The summed E-state index contributed by atoms with van der Waals surface area (Å²) in [6, 6.07) is 0. The van der Waals surface area contributed by atoms with E-state index >= 15 is 0 Å². The van der Waals surface area contributed by atoms with E-state index in [9.17, 15) is 9.90 Å². The Morgan fingerprint density at radius 1 is 1.39 bits per heavy atom. The van der Waals surface area contributed by atoms with Crippen LogP contribution in [0.4, 0.5) is 0 Å². The van der Waals surface area contributed by atoms with Crippen LogP contribution >= 0.6 is 0 Å². The van der Waals surface area contributed by atoms with Gasteiger partial charge in [0.15, 0.2) is 0 Å². The van der Waals surface area contributed by atoms with Crippen LogP contribution in [0.25, 0.3) is 0 Å². The predicted octanol–water partition coefficient (Wildman–Crippen LogP) is -1.03. The number of carboxylic acid groups (broad SMARTS) is 1. The van der Waals surface area contributed by atoms with Crippen molar-refractivity contribution in [2.45, 2.75) is 25.9 Å². The summed E-state index contributed by atoms with van der Waals surface area (Å²) in [4.78, 5) is 10.3. The van der Waals surface area contributed by atoms with Crippen LogP contribution in [0.3, 0.4) is 0 Å². The molecule has 0 aromatic carbocycles. The van der Waals surface area contributed by atoms with Gasteiger partial charge in [-0.3, -0.25) is 0 Å². The SMILES string of the molecule is COCCOCCn1cc[n+](CCCC(=O)[O-])c1. The van der Waals surface area contributed by atoms with Crippen LogP contribution in [0.5, 0.6) is 0 Å². The molecular formula is C12H20N2O4. The predicted molar refractivity (Wildman–Crippen MR) is 61.6 cm³/mol. The molecule has 0 spiro atoms. The van der Waals surface area contributed by atoms with E-state index in [1.807, 2.05) is 27.9 Å². The minimum atomic E-state index is -0.999. The molecule has 1 aromatic heterocycles. The van der Waals surface area contributed by atoms with Crippen molar-refractivity contribution < 1.29 is 23.9 Å². The third-order valence-electron chi connectivity index (χ3n) is 2.47. The Morgan fingerprint density at radius 3 is 2.94 bits per heavy atom. The molecule has 0 unspecified atom stereocenters. The molecule has 0 aliphatic carbocycles. The zero-order chi connectivity index (χ0) is 13.2. The van der Waals surface area contributed by atoms with Crippen LogP contribution < -0.4 is 9.67 Å². The highest BCUT2D eigenvalue weighted by molar-refractivity contribution is 5.63. The highest BCUT2D eigenvalue weighted by Crippen LogP contribution is 1.90. The lowest BCUT2D eigenvalue weighted by atomic mass is 10.3. The Labute approximate surface area is 107 Å². The standard InChI is InChI=1S/C12H20N2O4/c1-17-9-10-18-8-7-14-6-5-13(11-14)4-2-3-12(15)16/h5-6,11H,2-4,7-10H2,1H3.